The summed E-state index contributed by atoms with van der Waals surface area (Å²) >= 11 is 5.90. The van der Waals surface area contributed by atoms with Gasteiger partial charge >= 0.3 is 5.97 Å². The van der Waals surface area contributed by atoms with Crippen LogP contribution in [0.1, 0.15) is 12.5 Å². The minimum Gasteiger partial charge on any atom is -0.481 e. The number of sulfonamides is 1. The fraction of sp³-hybridized carbons (Fsp3) is 0.417. The zero-order valence-corrected chi connectivity index (χ0v) is 12.5. The summed E-state index contributed by atoms with van der Waals surface area (Å²) in [7, 11) is -2.38. The number of carbonyl (C=O) groups is 1. The van der Waals surface area contributed by atoms with Crippen molar-refractivity contribution in [1.82, 2.24) is 4.31 Å². The lowest BCUT2D eigenvalue weighted by molar-refractivity contribution is -0.141. The predicted molar refractivity (Wildman–Crippen MR) is 72.8 cm³/mol. The van der Waals surface area contributed by atoms with Crippen LogP contribution < -0.4 is 0 Å². The van der Waals surface area contributed by atoms with E-state index in [4.69, 9.17) is 16.7 Å². The molecule has 0 saturated heterocycles. The van der Waals surface area contributed by atoms with Crippen molar-refractivity contribution >= 4 is 27.6 Å². The van der Waals surface area contributed by atoms with Crippen LogP contribution >= 0.6 is 11.6 Å². The number of benzene rings is 1. The molecule has 19 heavy (non-hydrogen) atoms. The Labute approximate surface area is 117 Å². The van der Waals surface area contributed by atoms with E-state index >= 15 is 0 Å². The van der Waals surface area contributed by atoms with Gasteiger partial charge < -0.3 is 5.11 Å². The van der Waals surface area contributed by atoms with Crippen molar-refractivity contribution in [2.24, 2.45) is 5.92 Å². The van der Waals surface area contributed by atoms with Crippen molar-refractivity contribution in [2.75, 3.05) is 13.6 Å². The quantitative estimate of drug-likeness (QED) is 0.902. The number of hydrogen-bond donors (Lipinski definition) is 1. The third-order valence-corrected chi connectivity index (χ3v) is 5.24. The topological polar surface area (TPSA) is 74.7 Å². The average molecular weight is 306 g/mol. The molecular formula is C12H16ClNO4S. The highest BCUT2D eigenvalue weighted by atomic mass is 35.5. The summed E-state index contributed by atoms with van der Waals surface area (Å²) in [5, 5.41) is 9.19. The zero-order chi connectivity index (χ0) is 14.8. The fourth-order valence-corrected chi connectivity index (χ4v) is 3.33. The van der Waals surface area contributed by atoms with Gasteiger partial charge in [-0.25, -0.2) is 12.7 Å². The summed E-state index contributed by atoms with van der Waals surface area (Å²) in [5.41, 5.74) is 0.457. The molecule has 0 aliphatic carbocycles. The average Bonchev–Trinajstić information content (AvgIpc) is 2.32. The van der Waals surface area contributed by atoms with Crippen LogP contribution in [0.25, 0.3) is 0 Å². The van der Waals surface area contributed by atoms with E-state index < -0.39 is 21.9 Å². The number of hydrogen-bond acceptors (Lipinski definition) is 3. The molecule has 0 radical (unpaired) electrons. The minimum absolute atomic E-state index is 0.0936. The van der Waals surface area contributed by atoms with Gasteiger partial charge in [0.05, 0.1) is 10.8 Å². The van der Waals surface area contributed by atoms with Crippen LogP contribution in [0.3, 0.4) is 0 Å². The van der Waals surface area contributed by atoms with Gasteiger partial charge in [-0.3, -0.25) is 4.79 Å². The Morgan fingerprint density at radius 1 is 1.47 bits per heavy atom. The molecule has 1 atom stereocenters. The summed E-state index contributed by atoms with van der Waals surface area (Å²) in [6, 6.07) is 4.62. The Kier molecular flexibility index (Phi) is 4.95. The molecule has 0 aromatic heterocycles. The molecule has 5 nitrogen and oxygen atoms in total. The molecule has 0 bridgehead atoms. The third kappa shape index (κ3) is 3.46. The Morgan fingerprint density at radius 2 is 2.05 bits per heavy atom. The number of halogens is 1. The largest absolute Gasteiger partial charge is 0.481 e. The van der Waals surface area contributed by atoms with Gasteiger partial charge in [0.25, 0.3) is 0 Å². The van der Waals surface area contributed by atoms with Gasteiger partial charge in [-0.05, 0) is 24.6 Å². The summed E-state index contributed by atoms with van der Waals surface area (Å²) in [5.74, 6) is -1.82. The van der Waals surface area contributed by atoms with Crippen LogP contribution in [0.2, 0.25) is 5.02 Å². The molecule has 0 aliphatic rings. The number of rotatable bonds is 5. The highest BCUT2D eigenvalue weighted by Crippen LogP contribution is 2.25. The minimum atomic E-state index is -3.74. The smallest absolute Gasteiger partial charge is 0.307 e. The van der Waals surface area contributed by atoms with Crippen LogP contribution in [0, 0.1) is 12.8 Å². The van der Waals surface area contributed by atoms with Crippen molar-refractivity contribution in [1.29, 1.82) is 0 Å². The molecule has 1 aromatic carbocycles. The first-order chi connectivity index (χ1) is 8.67. The van der Waals surface area contributed by atoms with E-state index in [2.05, 4.69) is 0 Å². The SMILES string of the molecule is Cc1c(Cl)cccc1S(=O)(=O)N(C)CC(C)C(=O)O. The first kappa shape index (κ1) is 15.9. The summed E-state index contributed by atoms with van der Waals surface area (Å²) in [6.45, 7) is 2.98. The molecule has 1 unspecified atom stereocenters. The van der Waals surface area contributed by atoms with Gasteiger partial charge in [0.15, 0.2) is 0 Å². The number of carboxylic acid groups (broad SMARTS) is 1. The lowest BCUT2D eigenvalue weighted by Gasteiger charge is -2.20. The molecule has 0 fully saturated rings. The molecule has 0 aliphatic heterocycles. The van der Waals surface area contributed by atoms with Gasteiger partial charge in [-0.2, -0.15) is 0 Å². The normalized spacial score (nSPS) is 13.5. The van der Waals surface area contributed by atoms with Crippen LogP contribution in [0.5, 0.6) is 0 Å². The highest BCUT2D eigenvalue weighted by molar-refractivity contribution is 7.89. The van der Waals surface area contributed by atoms with Crippen molar-refractivity contribution < 1.29 is 18.3 Å². The van der Waals surface area contributed by atoms with E-state index in [0.29, 0.717) is 10.6 Å². The number of nitrogens with zero attached hydrogens (tertiary/aromatic N) is 1. The second-order valence-electron chi connectivity index (χ2n) is 4.39. The molecule has 0 amide bonds. The molecule has 7 heteroatoms. The summed E-state index contributed by atoms with van der Waals surface area (Å²) in [4.78, 5) is 10.9. The highest BCUT2D eigenvalue weighted by Gasteiger charge is 2.26. The van der Waals surface area contributed by atoms with Crippen LogP contribution in [0.4, 0.5) is 0 Å². The predicted octanol–water partition coefficient (Wildman–Crippen LogP) is 1.99. The fourth-order valence-electron chi connectivity index (χ4n) is 1.60. The van der Waals surface area contributed by atoms with E-state index in [9.17, 15) is 13.2 Å². The molecule has 1 aromatic rings. The Hall–Kier alpha value is -1.11. The maximum absolute atomic E-state index is 12.3. The van der Waals surface area contributed by atoms with E-state index in [1.54, 1.807) is 19.1 Å². The lowest BCUT2D eigenvalue weighted by Crippen LogP contribution is -2.34. The molecule has 0 heterocycles. The molecule has 0 spiro atoms. The monoisotopic (exact) mass is 305 g/mol. The van der Waals surface area contributed by atoms with E-state index in [1.807, 2.05) is 0 Å². The molecule has 1 N–H and O–H groups in total. The van der Waals surface area contributed by atoms with Crippen molar-refractivity contribution in [3.63, 3.8) is 0 Å². The van der Waals surface area contributed by atoms with Crippen molar-refractivity contribution in [3.8, 4) is 0 Å². The Bertz CT molecular complexity index is 585. The van der Waals surface area contributed by atoms with Crippen LogP contribution in [0.15, 0.2) is 23.1 Å². The Balaban J connectivity index is 3.10. The third-order valence-electron chi connectivity index (χ3n) is 2.86. The zero-order valence-electron chi connectivity index (χ0n) is 10.9. The van der Waals surface area contributed by atoms with Crippen molar-refractivity contribution in [2.45, 2.75) is 18.7 Å². The van der Waals surface area contributed by atoms with E-state index in [1.165, 1.54) is 20.0 Å². The van der Waals surface area contributed by atoms with Gasteiger partial charge in [0.1, 0.15) is 0 Å². The maximum Gasteiger partial charge on any atom is 0.307 e. The first-order valence-corrected chi connectivity index (χ1v) is 7.44. The summed E-state index contributed by atoms with van der Waals surface area (Å²) in [6.07, 6.45) is 0. The van der Waals surface area contributed by atoms with Gasteiger partial charge in [-0.15, -0.1) is 0 Å². The molecule has 1 rings (SSSR count). The lowest BCUT2D eigenvalue weighted by atomic mass is 10.2. The van der Waals surface area contributed by atoms with Crippen molar-refractivity contribution in [3.05, 3.63) is 28.8 Å². The second-order valence-corrected chi connectivity index (χ2v) is 6.81. The van der Waals surface area contributed by atoms with Crippen LogP contribution in [-0.2, 0) is 14.8 Å². The number of carboxylic acids is 1. The second kappa shape index (κ2) is 5.90. The van der Waals surface area contributed by atoms with Gasteiger partial charge in [0.2, 0.25) is 10.0 Å². The Morgan fingerprint density at radius 3 is 2.58 bits per heavy atom. The van der Waals surface area contributed by atoms with Crippen LogP contribution in [-0.4, -0.2) is 37.4 Å². The molecule has 106 valence electrons. The summed E-state index contributed by atoms with van der Waals surface area (Å²) < 4.78 is 25.7. The van der Waals surface area contributed by atoms with E-state index in [-0.39, 0.29) is 11.4 Å². The standard InChI is InChI=1S/C12H16ClNO4S/c1-8(12(15)16)7-14(3)19(17,18)11-6-4-5-10(13)9(11)2/h4-6,8H,7H2,1-3H3,(H,15,16). The molecular weight excluding hydrogens is 290 g/mol. The van der Waals surface area contributed by atoms with Gasteiger partial charge in [0, 0.05) is 18.6 Å². The number of aliphatic carboxylic acids is 1. The first-order valence-electron chi connectivity index (χ1n) is 5.62. The van der Waals surface area contributed by atoms with Gasteiger partial charge in [-0.1, -0.05) is 24.6 Å². The maximum atomic E-state index is 12.3. The van der Waals surface area contributed by atoms with E-state index in [0.717, 1.165) is 4.31 Å². The molecule has 0 saturated carbocycles.